The van der Waals surface area contributed by atoms with E-state index in [0.29, 0.717) is 0 Å². The summed E-state index contributed by atoms with van der Waals surface area (Å²) in [6.07, 6.45) is 0. The standard InChI is InChI=1S/2Nb.Sn.Ti.Zn.Zr. The van der Waals surface area contributed by atoms with Gasteiger partial charge in [0.15, 0.2) is 0 Å². The van der Waals surface area contributed by atoms with Gasteiger partial charge in [-0.15, -0.1) is 0 Å². The van der Waals surface area contributed by atoms with Gasteiger partial charge in [-0.05, 0) is 0 Å². The van der Waals surface area contributed by atoms with Crippen molar-refractivity contribution < 1.29 is 112 Å². The molecule has 0 rings (SSSR count). The van der Waals surface area contributed by atoms with Crippen molar-refractivity contribution in [1.82, 2.24) is 0 Å². The van der Waals surface area contributed by atoms with E-state index in [1.54, 1.807) is 0 Å². The molecule has 0 aromatic heterocycles. The predicted octanol–water partition coefficient (Wildman–Crippen LogP) is -0.393. The van der Waals surface area contributed by atoms with Crippen molar-refractivity contribution in [2.24, 2.45) is 0 Å². The van der Waals surface area contributed by atoms with Crippen LogP contribution in [-0.2, 0) is 112 Å². The van der Waals surface area contributed by atoms with Gasteiger partial charge in [0.05, 0.1) is 0 Å². The molecule has 0 aliphatic carbocycles. The minimum Gasteiger partial charge on any atom is 0 e. The van der Waals surface area contributed by atoms with E-state index in [2.05, 4.69) is 0 Å². The molecule has 6 radical (unpaired) electrons. The Balaban J connectivity index is 0. The van der Waals surface area contributed by atoms with Crippen molar-refractivity contribution in [3.05, 3.63) is 0 Å². The topological polar surface area (TPSA) is 0 Å². The molecule has 24 valence electrons. The summed E-state index contributed by atoms with van der Waals surface area (Å²) in [7, 11) is 0. The third kappa shape index (κ3) is 23.6. The second-order valence-electron chi connectivity index (χ2n) is 0. The van der Waals surface area contributed by atoms with E-state index in [9.17, 15) is 0 Å². The molecule has 0 aromatic rings. The van der Waals surface area contributed by atoms with E-state index < -0.39 is 0 Å². The smallest absolute Gasteiger partial charge is 0 e. The molecule has 0 aromatic carbocycles. The molecule has 0 N–H and O–H groups in total. The molecule has 0 nitrogen and oxygen atoms in total. The molecule has 0 unspecified atom stereocenters. The summed E-state index contributed by atoms with van der Waals surface area (Å²) in [5, 5.41) is 0. The summed E-state index contributed by atoms with van der Waals surface area (Å²) in [4.78, 5) is 0. The average molecular weight is 509 g/mol. The number of rotatable bonds is 0. The van der Waals surface area contributed by atoms with Gasteiger partial charge in [-0.25, -0.2) is 0 Å². The zero-order valence-electron chi connectivity index (χ0n) is 3.10. The Labute approximate surface area is 133 Å². The van der Waals surface area contributed by atoms with Gasteiger partial charge >= 0.3 is 0 Å². The minimum atomic E-state index is 0. The molecule has 0 aliphatic rings. The Bertz CT molecular complexity index is 13.5. The molecular weight excluding hydrogens is 509 g/mol. The zero-order valence-corrected chi connectivity index (χ0v) is 17.3. The van der Waals surface area contributed by atoms with Crippen LogP contribution in [-0.4, -0.2) is 23.9 Å². The van der Waals surface area contributed by atoms with Gasteiger partial charge < -0.3 is 0 Å². The van der Waals surface area contributed by atoms with Crippen LogP contribution in [0.15, 0.2) is 0 Å². The summed E-state index contributed by atoms with van der Waals surface area (Å²) in [5.41, 5.74) is 0. The van der Waals surface area contributed by atoms with Gasteiger partial charge in [0, 0.05) is 136 Å². The van der Waals surface area contributed by atoms with E-state index >= 15 is 0 Å². The van der Waals surface area contributed by atoms with E-state index in [4.69, 9.17) is 0 Å². The molecule has 0 saturated carbocycles. The van der Waals surface area contributed by atoms with Crippen LogP contribution < -0.4 is 0 Å². The summed E-state index contributed by atoms with van der Waals surface area (Å²) >= 11 is 0. The van der Waals surface area contributed by atoms with Crippen molar-refractivity contribution in [3.8, 4) is 0 Å². The third-order valence-electron chi connectivity index (χ3n) is 0. The zero-order chi connectivity index (χ0) is 0. The van der Waals surface area contributed by atoms with Crippen molar-refractivity contribution in [1.29, 1.82) is 0 Å². The monoisotopic (exact) mass is 507 g/mol. The van der Waals surface area contributed by atoms with Crippen molar-refractivity contribution in [2.45, 2.75) is 0 Å². The molecule has 0 amide bonds. The fraction of sp³-hybridized carbons (Fsp3) is 0. The molecule has 6 heteroatoms. The van der Waals surface area contributed by atoms with Gasteiger partial charge in [0.1, 0.15) is 0 Å². The first-order chi connectivity index (χ1) is 0. The summed E-state index contributed by atoms with van der Waals surface area (Å²) in [6.45, 7) is 0. The van der Waals surface area contributed by atoms with Crippen LogP contribution in [0.25, 0.3) is 0 Å². The van der Waals surface area contributed by atoms with Crippen LogP contribution in [0.1, 0.15) is 0 Å². The van der Waals surface area contributed by atoms with Crippen LogP contribution in [0.2, 0.25) is 0 Å². The first-order valence-electron chi connectivity index (χ1n) is 0. The van der Waals surface area contributed by atoms with E-state index in [0.717, 1.165) is 0 Å². The fourth-order valence-electron chi connectivity index (χ4n) is 0. The third-order valence-corrected chi connectivity index (χ3v) is 0. The molecular formula is Nb2SnTiZnZr. The van der Waals surface area contributed by atoms with Crippen LogP contribution in [0.4, 0.5) is 0 Å². The summed E-state index contributed by atoms with van der Waals surface area (Å²) in [5.74, 6) is 0. The largest absolute Gasteiger partial charge is 0 e. The van der Waals surface area contributed by atoms with Crippen LogP contribution in [0.5, 0.6) is 0 Å². The first-order valence-corrected chi connectivity index (χ1v) is 0. The Morgan fingerprint density at radius 1 is 0.833 bits per heavy atom. The van der Waals surface area contributed by atoms with Gasteiger partial charge in [0.25, 0.3) is 0 Å². The van der Waals surface area contributed by atoms with Crippen LogP contribution >= 0.6 is 0 Å². The Kier molecular flexibility index (Phi) is 264. The van der Waals surface area contributed by atoms with Gasteiger partial charge in [-0.2, -0.15) is 0 Å². The average Bonchev–Trinajstić information content (AvgIpc) is 0. The van der Waals surface area contributed by atoms with Crippen molar-refractivity contribution in [3.63, 3.8) is 0 Å². The number of hydrogen-bond donors (Lipinski definition) is 0. The van der Waals surface area contributed by atoms with E-state index in [-0.39, 0.29) is 136 Å². The molecule has 0 spiro atoms. The second-order valence-corrected chi connectivity index (χ2v) is 0. The Hall–Kier alpha value is 4.50. The SMILES string of the molecule is [Nb].[Nb].[Sn].[Ti].[Zn].[Zr]. The summed E-state index contributed by atoms with van der Waals surface area (Å²) in [6, 6.07) is 0. The van der Waals surface area contributed by atoms with E-state index in [1.165, 1.54) is 0 Å². The van der Waals surface area contributed by atoms with Crippen LogP contribution in [0, 0.1) is 0 Å². The molecule has 0 saturated heterocycles. The molecule has 0 heterocycles. The van der Waals surface area contributed by atoms with Crippen molar-refractivity contribution in [2.75, 3.05) is 0 Å². The van der Waals surface area contributed by atoms with Crippen molar-refractivity contribution >= 4 is 23.9 Å². The molecule has 0 aliphatic heterocycles. The van der Waals surface area contributed by atoms with Gasteiger partial charge in [-0.3, -0.25) is 0 Å². The molecule has 0 bridgehead atoms. The molecule has 6 heavy (non-hydrogen) atoms. The minimum absolute atomic E-state index is 0. The van der Waals surface area contributed by atoms with Gasteiger partial charge in [0.2, 0.25) is 0 Å². The Morgan fingerprint density at radius 3 is 0.833 bits per heavy atom. The predicted molar refractivity (Wildman–Crippen MR) is 5.75 cm³/mol. The van der Waals surface area contributed by atoms with Crippen LogP contribution in [0.3, 0.4) is 0 Å². The maximum absolute atomic E-state index is 0. The summed E-state index contributed by atoms with van der Waals surface area (Å²) < 4.78 is 0. The second kappa shape index (κ2) is 33.9. The molecule has 0 fully saturated rings. The number of hydrogen-bond acceptors (Lipinski definition) is 0. The van der Waals surface area contributed by atoms with Gasteiger partial charge in [-0.1, -0.05) is 0 Å². The fourth-order valence-corrected chi connectivity index (χ4v) is 0. The Morgan fingerprint density at radius 2 is 0.833 bits per heavy atom. The molecule has 0 atom stereocenters. The van der Waals surface area contributed by atoms with E-state index in [1.807, 2.05) is 0 Å². The first kappa shape index (κ1) is 46.8. The normalized spacial score (nSPS) is 0. The quantitative estimate of drug-likeness (QED) is 0.391. The maximum atomic E-state index is 0. The maximum Gasteiger partial charge on any atom is 0 e.